The Morgan fingerprint density at radius 3 is 2.67 bits per heavy atom. The average Bonchev–Trinajstić information content (AvgIpc) is 3.03. The maximum atomic E-state index is 5.38. The predicted molar refractivity (Wildman–Crippen MR) is 74.4 cm³/mol. The van der Waals surface area contributed by atoms with E-state index in [1.165, 1.54) is 22.9 Å². The van der Waals surface area contributed by atoms with Gasteiger partial charge in [0.25, 0.3) is 0 Å². The van der Waals surface area contributed by atoms with Gasteiger partial charge in [-0.05, 0) is 45.6 Å². The van der Waals surface area contributed by atoms with Gasteiger partial charge >= 0.3 is 0 Å². The van der Waals surface area contributed by atoms with Crippen molar-refractivity contribution in [3.8, 4) is 5.75 Å². The number of ether oxygens (including phenoxy) is 1. The number of rotatable bonds is 3. The second-order valence-electron chi connectivity index (χ2n) is 5.38. The van der Waals surface area contributed by atoms with Crippen molar-refractivity contribution in [2.24, 2.45) is 0 Å². The monoisotopic (exact) mass is 244 g/mol. The Morgan fingerprint density at radius 2 is 2.06 bits per heavy atom. The second-order valence-corrected chi connectivity index (χ2v) is 5.38. The molecule has 1 aromatic carbocycles. The van der Waals surface area contributed by atoms with Crippen molar-refractivity contribution in [2.45, 2.75) is 25.4 Å². The Kier molecular flexibility index (Phi) is 2.59. The molecule has 1 aromatic heterocycles. The zero-order chi connectivity index (χ0) is 12.9. The lowest BCUT2D eigenvalue weighted by atomic mass is 10.1. The normalized spacial score (nSPS) is 22.7. The van der Waals surface area contributed by atoms with Crippen LogP contribution in [0.3, 0.4) is 0 Å². The van der Waals surface area contributed by atoms with Crippen molar-refractivity contribution in [1.29, 1.82) is 0 Å². The van der Waals surface area contributed by atoms with Crippen molar-refractivity contribution in [1.82, 2.24) is 9.47 Å². The van der Waals surface area contributed by atoms with E-state index >= 15 is 0 Å². The molecule has 3 rings (SSSR count). The number of hydrogen-bond donors (Lipinski definition) is 0. The van der Waals surface area contributed by atoms with Crippen LogP contribution in [-0.4, -0.2) is 36.7 Å². The molecule has 0 spiro atoms. The highest BCUT2D eigenvalue weighted by Gasteiger charge is 2.40. The van der Waals surface area contributed by atoms with E-state index in [1.54, 1.807) is 7.11 Å². The Labute approximate surface area is 108 Å². The maximum absolute atomic E-state index is 5.38. The van der Waals surface area contributed by atoms with E-state index in [2.05, 4.69) is 54.9 Å². The van der Waals surface area contributed by atoms with Crippen LogP contribution in [0.2, 0.25) is 0 Å². The van der Waals surface area contributed by atoms with Gasteiger partial charge in [0.2, 0.25) is 0 Å². The molecule has 0 saturated heterocycles. The molecule has 0 radical (unpaired) electrons. The van der Waals surface area contributed by atoms with Crippen LogP contribution in [0.1, 0.15) is 18.0 Å². The van der Waals surface area contributed by atoms with Gasteiger partial charge in [-0.1, -0.05) is 0 Å². The molecule has 0 bridgehead atoms. The van der Waals surface area contributed by atoms with Crippen LogP contribution >= 0.6 is 0 Å². The summed E-state index contributed by atoms with van der Waals surface area (Å²) in [6, 6.07) is 7.76. The summed E-state index contributed by atoms with van der Waals surface area (Å²) in [6.07, 6.45) is 3.47. The first-order chi connectivity index (χ1) is 8.63. The average molecular weight is 244 g/mol. The topological polar surface area (TPSA) is 17.4 Å². The summed E-state index contributed by atoms with van der Waals surface area (Å²) in [5.74, 6) is 0.972. The van der Waals surface area contributed by atoms with Crippen LogP contribution in [-0.2, 0) is 0 Å². The summed E-state index contributed by atoms with van der Waals surface area (Å²) in [6.45, 7) is 2.13. The predicted octanol–water partition coefficient (Wildman–Crippen LogP) is 2.83. The molecule has 2 unspecified atom stereocenters. The SMILES string of the molecule is COc1ccc2c(ccn2C2CC2N(C)C)c1C. The minimum atomic E-state index is 0.630. The first kappa shape index (κ1) is 11.6. The summed E-state index contributed by atoms with van der Waals surface area (Å²) in [7, 11) is 6.05. The van der Waals surface area contributed by atoms with Gasteiger partial charge in [0.1, 0.15) is 5.75 Å². The molecule has 1 heterocycles. The van der Waals surface area contributed by atoms with Gasteiger partial charge in [0.05, 0.1) is 13.2 Å². The fourth-order valence-electron chi connectivity index (χ4n) is 2.90. The molecule has 0 N–H and O–H groups in total. The molecule has 0 aliphatic heterocycles. The zero-order valence-electron chi connectivity index (χ0n) is 11.5. The van der Waals surface area contributed by atoms with Gasteiger partial charge in [0.15, 0.2) is 0 Å². The van der Waals surface area contributed by atoms with E-state index in [0.717, 1.165) is 5.75 Å². The molecule has 96 valence electrons. The quantitative estimate of drug-likeness (QED) is 0.826. The zero-order valence-corrected chi connectivity index (χ0v) is 11.5. The van der Waals surface area contributed by atoms with E-state index < -0.39 is 0 Å². The van der Waals surface area contributed by atoms with E-state index in [0.29, 0.717) is 12.1 Å². The number of benzene rings is 1. The summed E-state index contributed by atoms with van der Waals surface area (Å²) in [4.78, 5) is 2.31. The molecule has 0 amide bonds. The lowest BCUT2D eigenvalue weighted by Crippen LogP contribution is -2.17. The number of nitrogens with zero attached hydrogens (tertiary/aromatic N) is 2. The van der Waals surface area contributed by atoms with E-state index in [4.69, 9.17) is 4.74 Å². The van der Waals surface area contributed by atoms with Crippen LogP contribution < -0.4 is 4.74 Å². The van der Waals surface area contributed by atoms with Gasteiger partial charge in [-0.2, -0.15) is 0 Å². The third-order valence-electron chi connectivity index (χ3n) is 4.09. The summed E-state index contributed by atoms with van der Waals surface area (Å²) < 4.78 is 7.79. The maximum Gasteiger partial charge on any atom is 0.122 e. The van der Waals surface area contributed by atoms with Crippen LogP contribution in [0.15, 0.2) is 24.4 Å². The Bertz CT molecular complexity index is 585. The molecule has 3 nitrogen and oxygen atoms in total. The van der Waals surface area contributed by atoms with Crippen molar-refractivity contribution in [3.63, 3.8) is 0 Å². The van der Waals surface area contributed by atoms with Gasteiger partial charge in [-0.25, -0.2) is 0 Å². The first-order valence-electron chi connectivity index (χ1n) is 6.44. The van der Waals surface area contributed by atoms with Crippen LogP contribution in [0.5, 0.6) is 5.75 Å². The number of aromatic nitrogens is 1. The molecule has 3 heteroatoms. The van der Waals surface area contributed by atoms with Gasteiger partial charge < -0.3 is 14.2 Å². The number of fused-ring (bicyclic) bond motifs is 1. The molecule has 2 atom stereocenters. The molecule has 1 saturated carbocycles. The Morgan fingerprint density at radius 1 is 1.28 bits per heavy atom. The molecule has 1 fully saturated rings. The highest BCUT2D eigenvalue weighted by molar-refractivity contribution is 5.86. The summed E-state index contributed by atoms with van der Waals surface area (Å²) >= 11 is 0. The molecule has 2 aromatic rings. The van der Waals surface area contributed by atoms with Crippen molar-refractivity contribution < 1.29 is 4.74 Å². The summed E-state index contributed by atoms with van der Waals surface area (Å²) in [5, 5.41) is 1.30. The van der Waals surface area contributed by atoms with E-state index in [-0.39, 0.29) is 0 Å². The summed E-state index contributed by atoms with van der Waals surface area (Å²) in [5.41, 5.74) is 2.55. The molecular formula is C15H20N2O. The largest absolute Gasteiger partial charge is 0.496 e. The minimum absolute atomic E-state index is 0.630. The minimum Gasteiger partial charge on any atom is -0.496 e. The van der Waals surface area contributed by atoms with Crippen molar-refractivity contribution >= 4 is 10.9 Å². The second kappa shape index (κ2) is 4.02. The Hall–Kier alpha value is -1.48. The van der Waals surface area contributed by atoms with Crippen LogP contribution in [0, 0.1) is 6.92 Å². The smallest absolute Gasteiger partial charge is 0.122 e. The number of hydrogen-bond acceptors (Lipinski definition) is 2. The molecule has 1 aliphatic rings. The third-order valence-corrected chi connectivity index (χ3v) is 4.09. The number of aryl methyl sites for hydroxylation is 1. The van der Waals surface area contributed by atoms with Crippen LogP contribution in [0.25, 0.3) is 10.9 Å². The van der Waals surface area contributed by atoms with Gasteiger partial charge in [0, 0.05) is 28.7 Å². The molecule has 1 aliphatic carbocycles. The highest BCUT2D eigenvalue weighted by atomic mass is 16.5. The number of methoxy groups -OCH3 is 1. The number of likely N-dealkylation sites (N-methyl/N-ethyl adjacent to an activating group) is 1. The van der Waals surface area contributed by atoms with Gasteiger partial charge in [-0.3, -0.25) is 0 Å². The molecule has 18 heavy (non-hydrogen) atoms. The molecular weight excluding hydrogens is 224 g/mol. The standard InChI is InChI=1S/C15H20N2O/c1-10-11-7-8-17(14-9-13(14)16(2)3)12(11)5-6-15(10)18-4/h5-8,13-14H,9H2,1-4H3. The lowest BCUT2D eigenvalue weighted by Gasteiger charge is -2.11. The van der Waals surface area contributed by atoms with E-state index in [1.807, 2.05) is 0 Å². The van der Waals surface area contributed by atoms with Gasteiger partial charge in [-0.15, -0.1) is 0 Å². The van der Waals surface area contributed by atoms with Crippen molar-refractivity contribution in [3.05, 3.63) is 30.0 Å². The fourth-order valence-corrected chi connectivity index (χ4v) is 2.90. The van der Waals surface area contributed by atoms with Crippen LogP contribution in [0.4, 0.5) is 0 Å². The van der Waals surface area contributed by atoms with Crippen molar-refractivity contribution in [2.75, 3.05) is 21.2 Å². The third kappa shape index (κ3) is 1.62. The first-order valence-corrected chi connectivity index (χ1v) is 6.44. The van der Waals surface area contributed by atoms with E-state index in [9.17, 15) is 0 Å². The Balaban J connectivity index is 2.04. The highest BCUT2D eigenvalue weighted by Crippen LogP contribution is 2.42. The lowest BCUT2D eigenvalue weighted by molar-refractivity contribution is 0.377. The fraction of sp³-hybridized carbons (Fsp3) is 0.467.